The topological polar surface area (TPSA) is 53.1 Å². The van der Waals surface area contributed by atoms with Gasteiger partial charge in [-0.15, -0.1) is 0 Å². The molecule has 0 aliphatic carbocycles. The first kappa shape index (κ1) is 14.3. The summed E-state index contributed by atoms with van der Waals surface area (Å²) in [6.45, 7) is 0.409. The third-order valence-electron chi connectivity index (χ3n) is 3.03. The van der Waals surface area contributed by atoms with E-state index < -0.39 is 0 Å². The number of nitrogen functional groups attached to an aromatic ring is 1. The quantitative estimate of drug-likeness (QED) is 0.670. The summed E-state index contributed by atoms with van der Waals surface area (Å²) in [4.78, 5) is 1.90. The van der Waals surface area contributed by atoms with Crippen LogP contribution >= 0.6 is 11.6 Å². The van der Waals surface area contributed by atoms with Crippen molar-refractivity contribution in [2.45, 2.75) is 6.54 Å². The van der Waals surface area contributed by atoms with Crippen LogP contribution in [-0.2, 0) is 6.54 Å². The molecular weight excluding hydrogens is 277 g/mol. The van der Waals surface area contributed by atoms with Crippen LogP contribution in [0.25, 0.3) is 0 Å². The van der Waals surface area contributed by atoms with Crippen molar-refractivity contribution in [3.05, 3.63) is 64.4 Å². The van der Waals surface area contributed by atoms with Gasteiger partial charge in [0, 0.05) is 35.4 Å². The Morgan fingerprint density at radius 1 is 1.25 bits per heavy atom. The average Bonchev–Trinajstić information content (AvgIpc) is 2.43. The molecule has 20 heavy (non-hydrogen) atoms. The van der Waals surface area contributed by atoms with E-state index in [4.69, 9.17) is 22.7 Å². The van der Waals surface area contributed by atoms with Crippen LogP contribution in [0.5, 0.6) is 0 Å². The molecule has 0 aromatic heterocycles. The van der Waals surface area contributed by atoms with Gasteiger partial charge in [-0.25, -0.2) is 4.39 Å². The molecule has 0 bridgehead atoms. The number of nitrogens with two attached hydrogens (primary N) is 1. The Bertz CT molecular complexity index is 626. The summed E-state index contributed by atoms with van der Waals surface area (Å²) in [5, 5.41) is 7.86. The fourth-order valence-corrected chi connectivity index (χ4v) is 2.10. The average molecular weight is 292 g/mol. The standard InChI is InChI=1S/C15H15ClFN3/c1-20(9-11-8-12(16)4-7-14(11)17)13-5-2-10(3-6-13)15(18)19/h2-8H,9H2,1H3,(H3,18,19). The minimum absolute atomic E-state index is 0.0279. The van der Waals surface area contributed by atoms with Crippen molar-refractivity contribution in [1.29, 1.82) is 5.41 Å². The van der Waals surface area contributed by atoms with E-state index in [1.54, 1.807) is 18.2 Å². The maximum atomic E-state index is 13.7. The van der Waals surface area contributed by atoms with Gasteiger partial charge in [0.1, 0.15) is 11.7 Å². The van der Waals surface area contributed by atoms with Gasteiger partial charge >= 0.3 is 0 Å². The SMILES string of the molecule is CN(Cc1cc(Cl)ccc1F)c1ccc(C(=N)N)cc1. The molecule has 0 atom stereocenters. The zero-order chi connectivity index (χ0) is 14.7. The molecule has 0 amide bonds. The summed E-state index contributed by atoms with van der Waals surface area (Å²) < 4.78 is 13.7. The maximum Gasteiger partial charge on any atom is 0.128 e. The lowest BCUT2D eigenvalue weighted by molar-refractivity contribution is 0.608. The van der Waals surface area contributed by atoms with Crippen molar-refractivity contribution in [2.24, 2.45) is 5.73 Å². The Hall–Kier alpha value is -2.07. The lowest BCUT2D eigenvalue weighted by atomic mass is 10.1. The molecule has 0 heterocycles. The molecule has 2 aromatic carbocycles. The van der Waals surface area contributed by atoms with E-state index in [0.29, 0.717) is 22.7 Å². The Morgan fingerprint density at radius 2 is 1.90 bits per heavy atom. The van der Waals surface area contributed by atoms with Crippen LogP contribution in [0.15, 0.2) is 42.5 Å². The van der Waals surface area contributed by atoms with Crippen molar-refractivity contribution in [3.8, 4) is 0 Å². The highest BCUT2D eigenvalue weighted by Crippen LogP contribution is 2.20. The van der Waals surface area contributed by atoms with E-state index in [2.05, 4.69) is 0 Å². The van der Waals surface area contributed by atoms with Gasteiger partial charge in [0.25, 0.3) is 0 Å². The van der Waals surface area contributed by atoms with Crippen molar-refractivity contribution < 1.29 is 4.39 Å². The molecule has 0 saturated heterocycles. The van der Waals surface area contributed by atoms with Crippen LogP contribution in [0.3, 0.4) is 0 Å². The van der Waals surface area contributed by atoms with Gasteiger partial charge in [-0.2, -0.15) is 0 Å². The summed E-state index contributed by atoms with van der Waals surface area (Å²) in [5.41, 5.74) is 7.52. The Labute approximate surface area is 122 Å². The second kappa shape index (κ2) is 5.92. The molecule has 0 saturated carbocycles. The molecule has 2 aromatic rings. The number of hydrogen-bond donors (Lipinski definition) is 2. The fraction of sp³-hybridized carbons (Fsp3) is 0.133. The van der Waals surface area contributed by atoms with Gasteiger partial charge < -0.3 is 10.6 Å². The monoisotopic (exact) mass is 291 g/mol. The van der Waals surface area contributed by atoms with Crippen molar-refractivity contribution >= 4 is 23.1 Å². The smallest absolute Gasteiger partial charge is 0.128 e. The zero-order valence-electron chi connectivity index (χ0n) is 11.0. The number of nitrogens with one attached hydrogen (secondary N) is 1. The molecule has 3 nitrogen and oxygen atoms in total. The molecule has 2 rings (SSSR count). The highest BCUT2D eigenvalue weighted by molar-refractivity contribution is 6.30. The zero-order valence-corrected chi connectivity index (χ0v) is 11.8. The summed E-state index contributed by atoms with van der Waals surface area (Å²) in [7, 11) is 1.86. The Kier molecular flexibility index (Phi) is 4.25. The predicted octanol–water partition coefficient (Wildman–Crippen LogP) is 3.40. The second-order valence-electron chi connectivity index (χ2n) is 4.55. The first-order chi connectivity index (χ1) is 9.47. The molecule has 0 unspecified atom stereocenters. The molecule has 0 spiro atoms. The highest BCUT2D eigenvalue weighted by atomic mass is 35.5. The largest absolute Gasteiger partial charge is 0.384 e. The van der Waals surface area contributed by atoms with Crippen LogP contribution in [0.4, 0.5) is 10.1 Å². The lowest BCUT2D eigenvalue weighted by Gasteiger charge is -2.20. The number of anilines is 1. The fourth-order valence-electron chi connectivity index (χ4n) is 1.91. The summed E-state index contributed by atoms with van der Waals surface area (Å²) in [6.07, 6.45) is 0. The number of halogens is 2. The third kappa shape index (κ3) is 3.27. The number of nitrogens with zero attached hydrogens (tertiary/aromatic N) is 1. The van der Waals surface area contributed by atoms with Crippen molar-refractivity contribution in [2.75, 3.05) is 11.9 Å². The molecule has 104 valence electrons. The number of benzene rings is 2. The first-order valence-electron chi connectivity index (χ1n) is 6.07. The minimum atomic E-state index is -0.276. The van der Waals surface area contributed by atoms with Gasteiger partial charge in [-0.3, -0.25) is 5.41 Å². The highest BCUT2D eigenvalue weighted by Gasteiger charge is 2.08. The molecular formula is C15H15ClFN3. The van der Waals surface area contributed by atoms with Gasteiger partial charge in [0.2, 0.25) is 0 Å². The van der Waals surface area contributed by atoms with Crippen LogP contribution in [0, 0.1) is 11.2 Å². The molecule has 5 heteroatoms. The Balaban J connectivity index is 2.17. The van der Waals surface area contributed by atoms with E-state index in [0.717, 1.165) is 5.69 Å². The molecule has 0 fully saturated rings. The van der Waals surface area contributed by atoms with Gasteiger partial charge in [-0.05, 0) is 42.5 Å². The number of amidine groups is 1. The summed E-state index contributed by atoms with van der Waals surface area (Å²) in [5.74, 6) is -0.248. The van der Waals surface area contributed by atoms with Crippen LogP contribution in [0.2, 0.25) is 5.02 Å². The minimum Gasteiger partial charge on any atom is -0.384 e. The van der Waals surface area contributed by atoms with Crippen LogP contribution in [0.1, 0.15) is 11.1 Å². The third-order valence-corrected chi connectivity index (χ3v) is 3.27. The first-order valence-corrected chi connectivity index (χ1v) is 6.44. The van der Waals surface area contributed by atoms with Gasteiger partial charge in [-0.1, -0.05) is 11.6 Å². The molecule has 3 N–H and O–H groups in total. The Morgan fingerprint density at radius 3 is 2.50 bits per heavy atom. The van der Waals surface area contributed by atoms with E-state index in [1.165, 1.54) is 12.1 Å². The van der Waals surface area contributed by atoms with E-state index in [9.17, 15) is 4.39 Å². The van der Waals surface area contributed by atoms with Gasteiger partial charge in [0.15, 0.2) is 0 Å². The van der Waals surface area contributed by atoms with Gasteiger partial charge in [0.05, 0.1) is 0 Å². The predicted molar refractivity (Wildman–Crippen MR) is 81.0 cm³/mol. The number of hydrogen-bond acceptors (Lipinski definition) is 2. The molecule has 0 aliphatic rings. The van der Waals surface area contributed by atoms with E-state index in [1.807, 2.05) is 24.1 Å². The van der Waals surface area contributed by atoms with E-state index in [-0.39, 0.29) is 11.7 Å². The lowest BCUT2D eigenvalue weighted by Crippen LogP contribution is -2.18. The van der Waals surface area contributed by atoms with Crippen LogP contribution in [-0.4, -0.2) is 12.9 Å². The second-order valence-corrected chi connectivity index (χ2v) is 4.99. The van der Waals surface area contributed by atoms with Crippen molar-refractivity contribution in [3.63, 3.8) is 0 Å². The summed E-state index contributed by atoms with van der Waals surface area (Å²) >= 11 is 5.88. The normalized spacial score (nSPS) is 10.3. The maximum absolute atomic E-state index is 13.7. The molecule has 0 aliphatic heterocycles. The van der Waals surface area contributed by atoms with Crippen molar-refractivity contribution in [1.82, 2.24) is 0 Å². The molecule has 0 radical (unpaired) electrons. The number of rotatable bonds is 4. The van der Waals surface area contributed by atoms with Crippen LogP contribution < -0.4 is 10.6 Å². The summed E-state index contributed by atoms with van der Waals surface area (Å²) in [6, 6.07) is 11.7. The van der Waals surface area contributed by atoms with E-state index >= 15 is 0 Å².